The van der Waals surface area contributed by atoms with Crippen molar-refractivity contribution in [2.24, 2.45) is 0 Å². The van der Waals surface area contributed by atoms with Crippen molar-refractivity contribution < 1.29 is 10.2 Å². The third-order valence-corrected chi connectivity index (χ3v) is 3.95. The van der Waals surface area contributed by atoms with Gasteiger partial charge in [-0.25, -0.2) is 4.98 Å². The summed E-state index contributed by atoms with van der Waals surface area (Å²) in [5.74, 6) is -0.734. The van der Waals surface area contributed by atoms with E-state index in [0.717, 1.165) is 6.42 Å². The number of phenols is 2. The number of thiazole rings is 1. The molecule has 124 valence electrons. The van der Waals surface area contributed by atoms with Gasteiger partial charge in [-0.05, 0) is 18.6 Å². The zero-order chi connectivity index (χ0) is 17.7. The molecule has 0 radical (unpaired) electrons. The predicted octanol–water partition coefficient (Wildman–Crippen LogP) is 3.08. The second-order valence-electron chi connectivity index (χ2n) is 5.07. The molecule has 0 aliphatic heterocycles. The van der Waals surface area contributed by atoms with Crippen molar-refractivity contribution in [3.8, 4) is 17.6 Å². The van der Waals surface area contributed by atoms with Crippen LogP contribution in [0.2, 0.25) is 0 Å². The van der Waals surface area contributed by atoms with Crippen LogP contribution >= 0.6 is 11.3 Å². The maximum atomic E-state index is 9.84. The second kappa shape index (κ2) is 7.53. The quantitative estimate of drug-likeness (QED) is 0.277. The number of rotatable bonds is 6. The minimum absolute atomic E-state index is 0.0253. The normalized spacial score (nSPS) is 11.5. The molecule has 0 aliphatic carbocycles. The van der Waals surface area contributed by atoms with Gasteiger partial charge >= 0.3 is 0 Å². The SMILES string of the molecule is C=C(/C(C#N)=C(\NCCC)c1cc(N)c(O)c(O)c1)c1cscn1. The minimum Gasteiger partial charge on any atom is -0.504 e. The first-order chi connectivity index (χ1) is 11.5. The van der Waals surface area contributed by atoms with E-state index in [1.807, 2.05) is 6.92 Å². The van der Waals surface area contributed by atoms with Gasteiger partial charge in [-0.2, -0.15) is 5.26 Å². The van der Waals surface area contributed by atoms with Gasteiger partial charge in [0, 0.05) is 23.1 Å². The molecule has 2 aromatic rings. The first-order valence-corrected chi connectivity index (χ1v) is 8.21. The summed E-state index contributed by atoms with van der Waals surface area (Å²) in [5.41, 5.74) is 9.78. The third kappa shape index (κ3) is 3.50. The number of nitrogens with zero attached hydrogens (tertiary/aromatic N) is 2. The summed E-state index contributed by atoms with van der Waals surface area (Å²) in [7, 11) is 0. The van der Waals surface area contributed by atoms with Gasteiger partial charge in [0.2, 0.25) is 0 Å². The first-order valence-electron chi connectivity index (χ1n) is 7.27. The molecule has 2 rings (SSSR count). The van der Waals surface area contributed by atoms with E-state index < -0.39 is 0 Å². The smallest absolute Gasteiger partial charge is 0.181 e. The molecule has 1 aromatic heterocycles. The number of benzene rings is 1. The Morgan fingerprint density at radius 3 is 2.75 bits per heavy atom. The Kier molecular flexibility index (Phi) is 5.45. The van der Waals surface area contributed by atoms with Crippen molar-refractivity contribution in [2.45, 2.75) is 13.3 Å². The average Bonchev–Trinajstić information content (AvgIpc) is 3.10. The summed E-state index contributed by atoms with van der Waals surface area (Å²) < 4.78 is 0. The Bertz CT molecular complexity index is 797. The first kappa shape index (κ1) is 17.4. The number of allylic oxidation sites excluding steroid dienone is 2. The van der Waals surface area contributed by atoms with Crippen LogP contribution in [0.5, 0.6) is 11.5 Å². The second-order valence-corrected chi connectivity index (χ2v) is 5.79. The molecule has 0 saturated carbocycles. The summed E-state index contributed by atoms with van der Waals surface area (Å²) in [6.07, 6.45) is 0.838. The molecule has 24 heavy (non-hydrogen) atoms. The van der Waals surface area contributed by atoms with Gasteiger partial charge in [-0.1, -0.05) is 13.5 Å². The molecule has 6 nitrogen and oxygen atoms in total. The maximum Gasteiger partial charge on any atom is 0.181 e. The molecule has 0 fully saturated rings. The van der Waals surface area contributed by atoms with Gasteiger partial charge < -0.3 is 21.3 Å². The minimum atomic E-state index is -0.384. The van der Waals surface area contributed by atoms with Crippen molar-refractivity contribution in [1.82, 2.24) is 10.3 Å². The van der Waals surface area contributed by atoms with Gasteiger partial charge in [0.1, 0.15) is 6.07 Å². The average molecular weight is 342 g/mol. The molecule has 0 aliphatic rings. The zero-order valence-electron chi connectivity index (χ0n) is 13.2. The van der Waals surface area contributed by atoms with Crippen LogP contribution in [0.4, 0.5) is 5.69 Å². The summed E-state index contributed by atoms with van der Waals surface area (Å²) >= 11 is 1.41. The predicted molar refractivity (Wildman–Crippen MR) is 96.2 cm³/mol. The van der Waals surface area contributed by atoms with E-state index in [1.54, 1.807) is 10.9 Å². The van der Waals surface area contributed by atoms with Gasteiger partial charge in [-0.3, -0.25) is 0 Å². The van der Waals surface area contributed by atoms with Gasteiger partial charge in [0.25, 0.3) is 0 Å². The van der Waals surface area contributed by atoms with Crippen LogP contribution in [-0.4, -0.2) is 21.7 Å². The fraction of sp³-hybridized carbons (Fsp3) is 0.176. The van der Waals surface area contributed by atoms with Crippen LogP contribution < -0.4 is 11.1 Å². The Hall–Kier alpha value is -2.98. The van der Waals surface area contributed by atoms with Crippen LogP contribution in [0.1, 0.15) is 24.6 Å². The fourth-order valence-electron chi connectivity index (χ4n) is 2.13. The van der Waals surface area contributed by atoms with E-state index in [-0.39, 0.29) is 17.2 Å². The molecule has 1 heterocycles. The molecule has 0 saturated heterocycles. The van der Waals surface area contributed by atoms with Crippen molar-refractivity contribution >= 4 is 28.3 Å². The number of phenolic OH excluding ortho intramolecular Hbond substituents is 2. The Labute approximate surface area is 144 Å². The maximum absolute atomic E-state index is 9.84. The van der Waals surface area contributed by atoms with Crippen LogP contribution in [0.3, 0.4) is 0 Å². The number of nitriles is 1. The molecule has 1 aromatic carbocycles. The van der Waals surface area contributed by atoms with E-state index in [1.165, 1.54) is 23.5 Å². The van der Waals surface area contributed by atoms with Gasteiger partial charge in [0.15, 0.2) is 11.5 Å². The van der Waals surface area contributed by atoms with E-state index in [4.69, 9.17) is 5.73 Å². The summed E-state index contributed by atoms with van der Waals surface area (Å²) in [4.78, 5) is 4.18. The lowest BCUT2D eigenvalue weighted by Crippen LogP contribution is -2.16. The number of aromatic hydroxyl groups is 2. The van der Waals surface area contributed by atoms with Gasteiger partial charge in [0.05, 0.1) is 28.2 Å². The number of hydrogen-bond donors (Lipinski definition) is 4. The Morgan fingerprint density at radius 2 is 2.21 bits per heavy atom. The van der Waals surface area contributed by atoms with Crippen molar-refractivity contribution in [3.05, 3.63) is 46.4 Å². The number of hydrogen-bond acceptors (Lipinski definition) is 7. The van der Waals surface area contributed by atoms with E-state index in [2.05, 4.69) is 22.9 Å². The molecular formula is C17H18N4O2S. The summed E-state index contributed by atoms with van der Waals surface area (Å²) in [6, 6.07) is 5.00. The highest BCUT2D eigenvalue weighted by molar-refractivity contribution is 7.07. The van der Waals surface area contributed by atoms with Crippen LogP contribution in [0.25, 0.3) is 11.3 Å². The van der Waals surface area contributed by atoms with Crippen molar-refractivity contribution in [3.63, 3.8) is 0 Å². The highest BCUT2D eigenvalue weighted by atomic mass is 32.1. The lowest BCUT2D eigenvalue weighted by atomic mass is 9.99. The molecule has 0 spiro atoms. The third-order valence-electron chi connectivity index (χ3n) is 3.36. The number of nitrogen functional groups attached to an aromatic ring is 1. The van der Waals surface area contributed by atoms with E-state index in [9.17, 15) is 15.5 Å². The Balaban J connectivity index is 2.62. The highest BCUT2D eigenvalue weighted by Crippen LogP contribution is 2.36. The number of nitrogens with two attached hydrogens (primary N) is 1. The Morgan fingerprint density at radius 1 is 1.46 bits per heavy atom. The summed E-state index contributed by atoms with van der Waals surface area (Å²) in [6.45, 7) is 6.58. The van der Waals surface area contributed by atoms with Crippen LogP contribution in [0, 0.1) is 11.3 Å². The fourth-order valence-corrected chi connectivity index (χ4v) is 2.70. The van der Waals surface area contributed by atoms with Crippen LogP contribution in [0.15, 0.2) is 35.2 Å². The number of aromatic nitrogens is 1. The highest BCUT2D eigenvalue weighted by Gasteiger charge is 2.17. The monoisotopic (exact) mass is 342 g/mol. The lowest BCUT2D eigenvalue weighted by molar-refractivity contribution is 0.405. The number of anilines is 1. The van der Waals surface area contributed by atoms with Gasteiger partial charge in [-0.15, -0.1) is 11.3 Å². The van der Waals surface area contributed by atoms with Crippen molar-refractivity contribution in [1.29, 1.82) is 5.26 Å². The van der Waals surface area contributed by atoms with Crippen molar-refractivity contribution in [2.75, 3.05) is 12.3 Å². The number of nitrogens with one attached hydrogen (secondary N) is 1. The molecule has 0 bridgehead atoms. The van der Waals surface area contributed by atoms with E-state index in [0.29, 0.717) is 34.6 Å². The summed E-state index contributed by atoms with van der Waals surface area (Å²) in [5, 5.41) is 34.1. The molecule has 0 atom stereocenters. The standard InChI is InChI=1S/C17H18N4O2S/c1-3-4-20-16(11-5-13(19)17(23)15(22)6-11)12(7-18)10(2)14-8-24-9-21-14/h5-6,8-9,20,22-23H,2-4,19H2,1H3/b16-12-. The molecule has 5 N–H and O–H groups in total. The lowest BCUT2D eigenvalue weighted by Gasteiger charge is -2.16. The zero-order valence-corrected chi connectivity index (χ0v) is 14.0. The molecule has 7 heteroatoms. The van der Waals surface area contributed by atoms with Crippen LogP contribution in [-0.2, 0) is 0 Å². The topological polar surface area (TPSA) is 115 Å². The molecule has 0 unspecified atom stereocenters. The van der Waals surface area contributed by atoms with E-state index >= 15 is 0 Å². The molecule has 0 amide bonds. The largest absolute Gasteiger partial charge is 0.504 e. The molecular weight excluding hydrogens is 324 g/mol.